The van der Waals surface area contributed by atoms with E-state index in [4.69, 9.17) is 0 Å². The molecule has 0 bridgehead atoms. The van der Waals surface area contributed by atoms with Crippen molar-refractivity contribution in [3.05, 3.63) is 349 Å². The Hall–Kier alpha value is -11.4. The summed E-state index contributed by atoms with van der Waals surface area (Å²) in [4.78, 5) is 28.6. The smallest absolute Gasteiger partial charge is 0.256 e. The van der Waals surface area contributed by atoms with Gasteiger partial charge in [-0.15, -0.1) is 0 Å². The molecule has 0 spiro atoms. The zero-order valence-corrected chi connectivity index (χ0v) is 50.9. The van der Waals surface area contributed by atoms with Crippen LogP contribution < -0.4 is 20.4 Å². The highest BCUT2D eigenvalue weighted by atomic mass is 79.9. The fourth-order valence-corrected chi connectivity index (χ4v) is 12.6. The second-order valence-electron chi connectivity index (χ2n) is 22.3. The highest BCUT2D eigenvalue weighted by molar-refractivity contribution is 9.10. The number of anilines is 8. The van der Waals surface area contributed by atoms with Crippen molar-refractivity contribution in [2.45, 2.75) is 6.92 Å². The number of hydrogen-bond acceptors (Lipinski definition) is 4. The Labute approximate surface area is 532 Å². The first kappa shape index (κ1) is 56.4. The van der Waals surface area contributed by atoms with Crippen LogP contribution in [0.15, 0.2) is 332 Å². The van der Waals surface area contributed by atoms with Gasteiger partial charge >= 0.3 is 0 Å². The molecular formula is C83H59BrN4O2. The first-order valence-electron chi connectivity index (χ1n) is 30.1. The highest BCUT2D eigenvalue weighted by Gasteiger charge is 2.24. The average Bonchev–Trinajstić information content (AvgIpc) is 1.69. The van der Waals surface area contributed by atoms with Crippen molar-refractivity contribution in [1.29, 1.82) is 0 Å². The zero-order chi connectivity index (χ0) is 60.9. The molecule has 2 aliphatic heterocycles. The molecule has 7 heteroatoms. The van der Waals surface area contributed by atoms with E-state index in [2.05, 4.69) is 310 Å². The minimum absolute atomic E-state index is 0.0105. The Morgan fingerprint density at radius 3 is 0.900 bits per heavy atom. The van der Waals surface area contributed by atoms with Crippen LogP contribution in [-0.2, 0) is 0 Å². The van der Waals surface area contributed by atoms with Crippen LogP contribution in [0.3, 0.4) is 0 Å². The molecule has 0 fully saturated rings. The predicted octanol–water partition coefficient (Wildman–Crippen LogP) is 22.8. The van der Waals surface area contributed by atoms with Crippen LogP contribution >= 0.6 is 15.9 Å². The lowest BCUT2D eigenvalue weighted by molar-refractivity contribution is 0.102. The van der Waals surface area contributed by atoms with E-state index in [1.165, 1.54) is 50.1 Å². The van der Waals surface area contributed by atoms with Crippen LogP contribution in [0.2, 0.25) is 0 Å². The summed E-state index contributed by atoms with van der Waals surface area (Å²) >= 11 is 3.47. The van der Waals surface area contributed by atoms with Crippen molar-refractivity contribution in [2.75, 3.05) is 20.4 Å². The molecule has 14 aromatic rings. The minimum Gasteiger partial charge on any atom is -0.321 e. The topological polar surface area (TPSA) is 64.7 Å². The lowest BCUT2D eigenvalue weighted by Crippen LogP contribution is -2.09. The minimum atomic E-state index is -0.0368. The summed E-state index contributed by atoms with van der Waals surface area (Å²) in [6, 6.07) is 114. The molecule has 0 aromatic heterocycles. The molecule has 90 heavy (non-hydrogen) atoms. The van der Waals surface area contributed by atoms with Gasteiger partial charge < -0.3 is 20.4 Å². The molecule has 0 atom stereocenters. The summed E-state index contributed by atoms with van der Waals surface area (Å²) in [5, 5.41) is 10.0. The van der Waals surface area contributed by atoms with Gasteiger partial charge in [0.1, 0.15) is 0 Å². The summed E-state index contributed by atoms with van der Waals surface area (Å²) in [5.41, 5.74) is 23.1. The lowest BCUT2D eigenvalue weighted by Gasteiger charge is -2.26. The van der Waals surface area contributed by atoms with Gasteiger partial charge in [-0.2, -0.15) is 0 Å². The normalized spacial score (nSPS) is 11.7. The third-order valence-corrected chi connectivity index (χ3v) is 17.4. The van der Waals surface area contributed by atoms with Gasteiger partial charge in [-0.1, -0.05) is 246 Å². The van der Waals surface area contributed by atoms with Gasteiger partial charge in [-0.3, -0.25) is 9.59 Å². The number of hydrogen-bond donors (Lipinski definition) is 2. The van der Waals surface area contributed by atoms with Gasteiger partial charge in [0.05, 0.1) is 0 Å². The first-order chi connectivity index (χ1) is 44.3. The van der Waals surface area contributed by atoms with E-state index < -0.39 is 0 Å². The van der Waals surface area contributed by atoms with Crippen LogP contribution in [0.4, 0.5) is 45.5 Å². The zero-order valence-electron chi connectivity index (χ0n) is 49.3. The first-order valence-corrected chi connectivity index (χ1v) is 30.9. The fraction of sp³-hybridized carbons (Fsp3) is 0.0120. The lowest BCUT2D eigenvalue weighted by atomic mass is 9.95. The Kier molecular flexibility index (Phi) is 15.8. The highest BCUT2D eigenvalue weighted by Crippen LogP contribution is 2.43. The predicted molar refractivity (Wildman–Crippen MR) is 379 cm³/mol. The molecule has 0 aliphatic carbocycles. The quantitative estimate of drug-likeness (QED) is 0.135. The monoisotopic (exact) mass is 1220 g/mol. The number of carbonyl (C=O) groups is 2. The van der Waals surface area contributed by atoms with E-state index in [0.717, 1.165) is 93.8 Å². The second-order valence-corrected chi connectivity index (χ2v) is 23.2. The molecule has 0 unspecified atom stereocenters. The number of amides is 2. The molecule has 2 heterocycles. The maximum Gasteiger partial charge on any atom is 0.256 e. The van der Waals surface area contributed by atoms with Crippen LogP contribution in [0.5, 0.6) is 0 Å². The Balaban J connectivity index is 0.000000133. The molecule has 6 nitrogen and oxygen atoms in total. The van der Waals surface area contributed by atoms with Gasteiger partial charge in [0.2, 0.25) is 0 Å². The Morgan fingerprint density at radius 2 is 0.544 bits per heavy atom. The third-order valence-electron chi connectivity index (χ3n) is 16.7. The SMILES string of the molecule is Cc1ccc(N(c2ccc(-c3ccccc3)cc2)c2ccc(-c3ccccc3)cc2)cc1.O=C1Nc2ccc(-c3ccc(N(c4ccc(-c5ccccc5)cc4)c4ccc(-c5ccccc5)cc4)cc3)c3cccc1c23.O=C1Nc2ccc(Br)c3cccc1c23. The Morgan fingerprint density at radius 1 is 0.256 bits per heavy atom. The molecule has 0 saturated carbocycles. The number of carbonyl (C=O) groups excluding carboxylic acids is 2. The van der Waals surface area contributed by atoms with Crippen molar-refractivity contribution >= 4 is 94.8 Å². The summed E-state index contributed by atoms with van der Waals surface area (Å²) in [6.07, 6.45) is 0. The van der Waals surface area contributed by atoms with Crippen LogP contribution in [-0.4, -0.2) is 11.8 Å². The van der Waals surface area contributed by atoms with E-state index in [1.807, 2.05) is 60.7 Å². The molecule has 2 amide bonds. The number of nitrogens with one attached hydrogen (secondary N) is 2. The van der Waals surface area contributed by atoms with Crippen LogP contribution in [0, 0.1) is 6.92 Å². The number of halogens is 1. The van der Waals surface area contributed by atoms with Gasteiger partial charge in [0, 0.05) is 71.9 Å². The third kappa shape index (κ3) is 11.6. The molecule has 430 valence electrons. The Bertz CT molecular complexity index is 4710. The molecule has 14 aromatic carbocycles. The van der Waals surface area contributed by atoms with Crippen molar-refractivity contribution < 1.29 is 9.59 Å². The maximum absolute atomic E-state index is 12.5. The van der Waals surface area contributed by atoms with Crippen molar-refractivity contribution in [2.24, 2.45) is 0 Å². The van der Waals surface area contributed by atoms with Crippen molar-refractivity contribution in [1.82, 2.24) is 0 Å². The largest absolute Gasteiger partial charge is 0.321 e. The second kappa shape index (κ2) is 25.1. The van der Waals surface area contributed by atoms with Gasteiger partial charge in [0.15, 0.2) is 0 Å². The summed E-state index contributed by atoms with van der Waals surface area (Å²) in [7, 11) is 0. The maximum atomic E-state index is 12.5. The van der Waals surface area contributed by atoms with E-state index >= 15 is 0 Å². The van der Waals surface area contributed by atoms with Gasteiger partial charge in [0.25, 0.3) is 11.8 Å². The van der Waals surface area contributed by atoms with Gasteiger partial charge in [-0.05, 0) is 176 Å². The van der Waals surface area contributed by atoms with Gasteiger partial charge in [-0.25, -0.2) is 0 Å². The van der Waals surface area contributed by atoms with E-state index in [1.54, 1.807) is 0 Å². The molecule has 2 aliphatic rings. The number of rotatable bonds is 11. The van der Waals surface area contributed by atoms with Crippen molar-refractivity contribution in [3.8, 4) is 55.6 Å². The molecular weight excluding hydrogens is 1160 g/mol. The van der Waals surface area contributed by atoms with E-state index in [0.29, 0.717) is 0 Å². The number of benzene rings is 14. The number of aryl methyl sites for hydroxylation is 1. The van der Waals surface area contributed by atoms with Crippen LogP contribution in [0.25, 0.3) is 77.2 Å². The summed E-state index contributed by atoms with van der Waals surface area (Å²) in [5.74, 6) is -0.0472. The molecule has 16 rings (SSSR count). The standard InChI is InChI=1S/C41H28N2O.C31H25N.C11H6BrNO/c44-41-38-13-7-12-37-36(26-27-39(42-41)40(37)38)32-18-24-35(25-19-32)43(33-20-14-30(15-21-33)28-8-3-1-4-9-28)34-22-16-31(17-23-34)29-10-5-2-6-11-29;1-24-12-18-29(19-13-24)32(30-20-14-27(15-21-30)25-8-4-2-5-9-25)31-22-16-28(17-23-31)26-10-6-3-7-11-26;12-8-4-5-9-10-6(8)2-1-3-7(10)11(14)13-9/h1-27H,(H,42,44);2-23H,1H3;1-5H,(H,13,14). The van der Waals surface area contributed by atoms with E-state index in [-0.39, 0.29) is 11.8 Å². The molecule has 2 N–H and O–H groups in total. The average molecular weight is 1220 g/mol. The fourth-order valence-electron chi connectivity index (χ4n) is 12.1. The number of nitrogens with zero attached hydrogens (tertiary/aromatic N) is 2. The van der Waals surface area contributed by atoms with E-state index in [9.17, 15) is 9.59 Å². The molecule has 0 saturated heterocycles. The summed E-state index contributed by atoms with van der Waals surface area (Å²) in [6.45, 7) is 2.12. The summed E-state index contributed by atoms with van der Waals surface area (Å²) < 4.78 is 1.02. The van der Waals surface area contributed by atoms with Crippen molar-refractivity contribution in [3.63, 3.8) is 0 Å². The van der Waals surface area contributed by atoms with Crippen LogP contribution in [0.1, 0.15) is 26.3 Å². The molecule has 0 radical (unpaired) electrons.